The van der Waals surface area contributed by atoms with Crippen LogP contribution in [-0.4, -0.2) is 43.8 Å². The molecule has 3 heteroatoms. The molecular weight excluding hydrogens is 260 g/mol. The van der Waals surface area contributed by atoms with Gasteiger partial charge >= 0.3 is 0 Å². The summed E-state index contributed by atoms with van der Waals surface area (Å²) < 4.78 is 5.24. The van der Waals surface area contributed by atoms with Gasteiger partial charge in [-0.2, -0.15) is 0 Å². The second-order valence-corrected chi connectivity index (χ2v) is 6.91. The summed E-state index contributed by atoms with van der Waals surface area (Å²) in [6.07, 6.45) is 1.07. The van der Waals surface area contributed by atoms with Crippen LogP contribution in [0.25, 0.3) is 0 Å². The van der Waals surface area contributed by atoms with Crippen LogP contribution in [-0.2, 0) is 17.7 Å². The SMILES string of the molecule is COCC(C)N(C)Cc1ccccc1CCNC(C)(C)C. The van der Waals surface area contributed by atoms with Crippen molar-refractivity contribution in [2.24, 2.45) is 0 Å². The van der Waals surface area contributed by atoms with Gasteiger partial charge in [0.25, 0.3) is 0 Å². The molecule has 21 heavy (non-hydrogen) atoms. The predicted octanol–water partition coefficient (Wildman–Crippen LogP) is 3.08. The number of ether oxygens (including phenoxy) is 1. The third kappa shape index (κ3) is 7.07. The first-order chi connectivity index (χ1) is 9.83. The zero-order valence-corrected chi connectivity index (χ0v) is 14.6. The number of likely N-dealkylation sites (N-methyl/N-ethyl adjacent to an activating group) is 1. The van der Waals surface area contributed by atoms with Gasteiger partial charge in [0, 0.05) is 25.2 Å². The number of nitrogens with zero attached hydrogens (tertiary/aromatic N) is 1. The molecule has 0 fully saturated rings. The second-order valence-electron chi connectivity index (χ2n) is 6.91. The molecule has 1 rings (SSSR count). The molecule has 0 aliphatic heterocycles. The minimum atomic E-state index is 0.179. The molecule has 0 aromatic heterocycles. The first kappa shape index (κ1) is 18.1. The number of hydrogen-bond donors (Lipinski definition) is 1. The summed E-state index contributed by atoms with van der Waals surface area (Å²) in [5, 5.41) is 3.56. The molecule has 1 N–H and O–H groups in total. The lowest BCUT2D eigenvalue weighted by Gasteiger charge is -2.25. The lowest BCUT2D eigenvalue weighted by atomic mass is 10.0. The maximum absolute atomic E-state index is 5.24. The maximum atomic E-state index is 5.24. The Morgan fingerprint density at radius 3 is 2.38 bits per heavy atom. The van der Waals surface area contributed by atoms with Crippen LogP contribution in [0.4, 0.5) is 0 Å². The molecule has 120 valence electrons. The van der Waals surface area contributed by atoms with E-state index in [0.29, 0.717) is 6.04 Å². The fourth-order valence-corrected chi connectivity index (χ4v) is 2.32. The third-order valence-corrected chi connectivity index (χ3v) is 3.75. The smallest absolute Gasteiger partial charge is 0.0615 e. The van der Waals surface area contributed by atoms with Gasteiger partial charge < -0.3 is 10.1 Å². The fourth-order valence-electron chi connectivity index (χ4n) is 2.32. The predicted molar refractivity (Wildman–Crippen MR) is 90.7 cm³/mol. The Morgan fingerprint density at radius 2 is 1.81 bits per heavy atom. The van der Waals surface area contributed by atoms with Crippen molar-refractivity contribution in [3.05, 3.63) is 35.4 Å². The quantitative estimate of drug-likeness (QED) is 0.797. The molecule has 3 nitrogen and oxygen atoms in total. The van der Waals surface area contributed by atoms with E-state index in [1.165, 1.54) is 11.1 Å². The minimum absolute atomic E-state index is 0.179. The van der Waals surface area contributed by atoms with E-state index in [1.807, 2.05) is 0 Å². The molecule has 1 atom stereocenters. The molecule has 0 amide bonds. The van der Waals surface area contributed by atoms with E-state index in [9.17, 15) is 0 Å². The van der Waals surface area contributed by atoms with Crippen molar-refractivity contribution < 1.29 is 4.74 Å². The average molecular weight is 292 g/mol. The molecule has 0 spiro atoms. The largest absolute Gasteiger partial charge is 0.383 e. The van der Waals surface area contributed by atoms with Gasteiger partial charge in [-0.15, -0.1) is 0 Å². The van der Waals surface area contributed by atoms with Gasteiger partial charge in [-0.05, 0) is 58.8 Å². The lowest BCUT2D eigenvalue weighted by Crippen LogP contribution is -2.37. The van der Waals surface area contributed by atoms with Gasteiger partial charge in [0.2, 0.25) is 0 Å². The van der Waals surface area contributed by atoms with Gasteiger partial charge in [-0.1, -0.05) is 24.3 Å². The molecule has 0 bridgehead atoms. The summed E-state index contributed by atoms with van der Waals surface area (Å²) in [6, 6.07) is 9.17. The third-order valence-electron chi connectivity index (χ3n) is 3.75. The Labute approximate surface area is 130 Å². The van der Waals surface area contributed by atoms with E-state index in [-0.39, 0.29) is 5.54 Å². The Morgan fingerprint density at radius 1 is 1.19 bits per heavy atom. The van der Waals surface area contributed by atoms with Crippen LogP contribution in [0.3, 0.4) is 0 Å². The van der Waals surface area contributed by atoms with Gasteiger partial charge in [0.15, 0.2) is 0 Å². The van der Waals surface area contributed by atoms with Crippen molar-refractivity contribution in [2.45, 2.75) is 52.2 Å². The zero-order chi connectivity index (χ0) is 15.9. The highest BCUT2D eigenvalue weighted by atomic mass is 16.5. The van der Waals surface area contributed by atoms with Gasteiger partial charge in [0.1, 0.15) is 0 Å². The summed E-state index contributed by atoms with van der Waals surface area (Å²) in [7, 11) is 3.92. The number of hydrogen-bond acceptors (Lipinski definition) is 3. The number of nitrogens with one attached hydrogen (secondary N) is 1. The normalized spacial score (nSPS) is 13.7. The van der Waals surface area contributed by atoms with E-state index in [0.717, 1.165) is 26.1 Å². The van der Waals surface area contributed by atoms with Crippen LogP contribution >= 0.6 is 0 Å². The zero-order valence-electron chi connectivity index (χ0n) is 14.6. The van der Waals surface area contributed by atoms with Gasteiger partial charge in [-0.3, -0.25) is 4.90 Å². The maximum Gasteiger partial charge on any atom is 0.0615 e. The van der Waals surface area contributed by atoms with Gasteiger partial charge in [0.05, 0.1) is 6.61 Å². The highest BCUT2D eigenvalue weighted by molar-refractivity contribution is 5.27. The summed E-state index contributed by atoms with van der Waals surface area (Å²) in [4.78, 5) is 2.35. The number of benzene rings is 1. The average Bonchev–Trinajstić information content (AvgIpc) is 2.39. The van der Waals surface area contributed by atoms with E-state index >= 15 is 0 Å². The van der Waals surface area contributed by atoms with Crippen molar-refractivity contribution in [3.63, 3.8) is 0 Å². The van der Waals surface area contributed by atoms with Crippen molar-refractivity contribution in [3.8, 4) is 0 Å². The Kier molecular flexibility index (Phi) is 7.36. The molecule has 1 unspecified atom stereocenters. The fraction of sp³-hybridized carbons (Fsp3) is 0.667. The first-order valence-electron chi connectivity index (χ1n) is 7.84. The molecule has 0 saturated heterocycles. The molecule has 0 radical (unpaired) electrons. The van der Waals surface area contributed by atoms with E-state index in [1.54, 1.807) is 7.11 Å². The molecular formula is C18H32N2O. The molecule has 0 aliphatic rings. The minimum Gasteiger partial charge on any atom is -0.383 e. The molecule has 0 aliphatic carbocycles. The summed E-state index contributed by atoms with van der Waals surface area (Å²) in [5.74, 6) is 0. The first-order valence-corrected chi connectivity index (χ1v) is 7.84. The Bertz CT molecular complexity index is 412. The summed E-state index contributed by atoms with van der Waals surface area (Å²) in [6.45, 7) is 11.6. The number of rotatable bonds is 8. The molecule has 1 aromatic rings. The van der Waals surface area contributed by atoms with Crippen molar-refractivity contribution >= 4 is 0 Å². The van der Waals surface area contributed by atoms with Crippen molar-refractivity contribution in [1.82, 2.24) is 10.2 Å². The van der Waals surface area contributed by atoms with Crippen LogP contribution in [0.1, 0.15) is 38.8 Å². The van der Waals surface area contributed by atoms with E-state index in [4.69, 9.17) is 4.74 Å². The molecule has 0 heterocycles. The summed E-state index contributed by atoms with van der Waals surface area (Å²) >= 11 is 0. The Balaban J connectivity index is 2.62. The lowest BCUT2D eigenvalue weighted by molar-refractivity contribution is 0.112. The topological polar surface area (TPSA) is 24.5 Å². The number of methoxy groups -OCH3 is 1. The van der Waals surface area contributed by atoms with Gasteiger partial charge in [-0.25, -0.2) is 0 Å². The van der Waals surface area contributed by atoms with E-state index in [2.05, 4.69) is 69.2 Å². The van der Waals surface area contributed by atoms with Crippen molar-refractivity contribution in [1.29, 1.82) is 0 Å². The Hall–Kier alpha value is -0.900. The standard InChI is InChI=1S/C18H32N2O/c1-15(14-21-6)20(5)13-17-10-8-7-9-16(17)11-12-19-18(2,3)4/h7-10,15,19H,11-14H2,1-6H3. The van der Waals surface area contributed by atoms with Crippen LogP contribution in [0, 0.1) is 0 Å². The molecule has 0 saturated carbocycles. The second kappa shape index (κ2) is 8.52. The van der Waals surface area contributed by atoms with Crippen LogP contribution in [0.15, 0.2) is 24.3 Å². The van der Waals surface area contributed by atoms with Crippen LogP contribution in [0.5, 0.6) is 0 Å². The van der Waals surface area contributed by atoms with Crippen molar-refractivity contribution in [2.75, 3.05) is 27.3 Å². The molecule has 1 aromatic carbocycles. The summed E-state index contributed by atoms with van der Waals surface area (Å²) in [5.41, 5.74) is 3.03. The highest BCUT2D eigenvalue weighted by Crippen LogP contribution is 2.13. The highest BCUT2D eigenvalue weighted by Gasteiger charge is 2.12. The van der Waals surface area contributed by atoms with Crippen LogP contribution < -0.4 is 5.32 Å². The monoisotopic (exact) mass is 292 g/mol. The van der Waals surface area contributed by atoms with E-state index < -0.39 is 0 Å². The van der Waals surface area contributed by atoms with Crippen LogP contribution in [0.2, 0.25) is 0 Å².